The van der Waals surface area contributed by atoms with Crippen molar-refractivity contribution < 1.29 is 14.3 Å². The van der Waals surface area contributed by atoms with E-state index in [9.17, 15) is 4.79 Å². The van der Waals surface area contributed by atoms with Gasteiger partial charge in [0.15, 0.2) is 5.79 Å². The minimum Gasteiger partial charge on any atom is -0.348 e. The van der Waals surface area contributed by atoms with Crippen molar-refractivity contribution in [3.8, 4) is 0 Å². The van der Waals surface area contributed by atoms with Crippen molar-refractivity contribution in [2.24, 2.45) is 0 Å². The van der Waals surface area contributed by atoms with Crippen molar-refractivity contribution >= 4 is 6.41 Å². The third-order valence-electron chi connectivity index (χ3n) is 2.91. The molecule has 0 aromatic rings. The maximum Gasteiger partial charge on any atom is 0.221 e. The number of hydrogen-bond donors (Lipinski definition) is 2. The molecule has 0 unspecified atom stereocenters. The molecule has 5 nitrogen and oxygen atoms in total. The molecule has 0 aromatic heterocycles. The highest BCUT2D eigenvalue weighted by molar-refractivity contribution is 5.44. The standard InChI is InChI=1S/C9H16N2O3/c12-7-10-11-8-1-3-9(4-2-8)13-5-6-14-9/h7-8,11H,1-6H2,(H,10,12). The molecule has 5 heteroatoms. The van der Waals surface area contributed by atoms with Gasteiger partial charge in [-0.25, -0.2) is 5.43 Å². The van der Waals surface area contributed by atoms with E-state index in [4.69, 9.17) is 9.47 Å². The maximum atomic E-state index is 10.1. The van der Waals surface area contributed by atoms with Crippen molar-refractivity contribution in [3.05, 3.63) is 0 Å². The quantitative estimate of drug-likeness (QED) is 0.494. The molecule has 1 aliphatic heterocycles. The zero-order valence-corrected chi connectivity index (χ0v) is 8.12. The number of hydrazine groups is 1. The summed E-state index contributed by atoms with van der Waals surface area (Å²) in [6.07, 6.45) is 4.42. The molecule has 14 heavy (non-hydrogen) atoms. The summed E-state index contributed by atoms with van der Waals surface area (Å²) in [6.45, 7) is 1.43. The van der Waals surface area contributed by atoms with Gasteiger partial charge in [0.2, 0.25) is 6.41 Å². The predicted molar refractivity (Wildman–Crippen MR) is 49.2 cm³/mol. The Balaban J connectivity index is 1.76. The van der Waals surface area contributed by atoms with Crippen molar-refractivity contribution in [1.82, 2.24) is 10.9 Å². The lowest BCUT2D eigenvalue weighted by atomic mass is 9.90. The van der Waals surface area contributed by atoms with Crippen LogP contribution in [0.1, 0.15) is 25.7 Å². The predicted octanol–water partition coefficient (Wildman–Crippen LogP) is -0.0773. The highest BCUT2D eigenvalue weighted by Crippen LogP contribution is 2.35. The average molecular weight is 200 g/mol. The van der Waals surface area contributed by atoms with Crippen LogP contribution >= 0.6 is 0 Å². The Morgan fingerprint density at radius 3 is 2.43 bits per heavy atom. The first kappa shape index (κ1) is 9.89. The fourth-order valence-electron chi connectivity index (χ4n) is 2.14. The van der Waals surface area contributed by atoms with E-state index in [2.05, 4.69) is 10.9 Å². The average Bonchev–Trinajstić information content (AvgIpc) is 2.66. The molecule has 1 aliphatic carbocycles. The van der Waals surface area contributed by atoms with Crippen LogP contribution in [0.15, 0.2) is 0 Å². The van der Waals surface area contributed by atoms with E-state index in [0.29, 0.717) is 25.7 Å². The molecular formula is C9H16N2O3. The van der Waals surface area contributed by atoms with Crippen molar-refractivity contribution in [3.63, 3.8) is 0 Å². The van der Waals surface area contributed by atoms with Gasteiger partial charge in [0.25, 0.3) is 0 Å². The zero-order chi connectivity index (χ0) is 9.86. The molecule has 0 atom stereocenters. The molecule has 1 amide bonds. The second-order valence-electron chi connectivity index (χ2n) is 3.79. The van der Waals surface area contributed by atoms with Gasteiger partial charge in [0, 0.05) is 18.9 Å². The van der Waals surface area contributed by atoms with Crippen LogP contribution in [0.2, 0.25) is 0 Å². The first-order valence-electron chi connectivity index (χ1n) is 5.07. The van der Waals surface area contributed by atoms with E-state index in [1.165, 1.54) is 0 Å². The molecule has 1 saturated carbocycles. The molecule has 2 fully saturated rings. The Morgan fingerprint density at radius 2 is 1.86 bits per heavy atom. The van der Waals surface area contributed by atoms with E-state index in [-0.39, 0.29) is 5.79 Å². The lowest BCUT2D eigenvalue weighted by molar-refractivity contribution is -0.179. The van der Waals surface area contributed by atoms with E-state index in [1.807, 2.05) is 0 Å². The topological polar surface area (TPSA) is 59.6 Å². The van der Waals surface area contributed by atoms with Crippen LogP contribution in [0.4, 0.5) is 0 Å². The van der Waals surface area contributed by atoms with E-state index in [0.717, 1.165) is 25.7 Å². The fraction of sp³-hybridized carbons (Fsp3) is 0.889. The number of ether oxygens (including phenoxy) is 2. The molecule has 1 spiro atoms. The zero-order valence-electron chi connectivity index (χ0n) is 8.12. The van der Waals surface area contributed by atoms with Crippen LogP contribution in [-0.2, 0) is 14.3 Å². The van der Waals surface area contributed by atoms with Gasteiger partial charge in [0.1, 0.15) is 0 Å². The first-order valence-corrected chi connectivity index (χ1v) is 5.07. The Bertz CT molecular complexity index is 194. The minimum atomic E-state index is -0.306. The van der Waals surface area contributed by atoms with E-state index < -0.39 is 0 Å². The largest absolute Gasteiger partial charge is 0.348 e. The van der Waals surface area contributed by atoms with Gasteiger partial charge in [-0.05, 0) is 12.8 Å². The number of amides is 1. The van der Waals surface area contributed by atoms with Crippen LogP contribution in [0.25, 0.3) is 0 Å². The fourth-order valence-corrected chi connectivity index (χ4v) is 2.14. The molecule has 80 valence electrons. The summed E-state index contributed by atoms with van der Waals surface area (Å²) in [5, 5.41) is 0. The molecule has 1 heterocycles. The van der Waals surface area contributed by atoms with Crippen LogP contribution in [-0.4, -0.2) is 31.5 Å². The van der Waals surface area contributed by atoms with Crippen molar-refractivity contribution in [2.75, 3.05) is 13.2 Å². The van der Waals surface area contributed by atoms with Crippen LogP contribution < -0.4 is 10.9 Å². The SMILES string of the molecule is O=CNNC1CCC2(CC1)OCCO2. The summed E-state index contributed by atoms with van der Waals surface area (Å²) in [7, 11) is 0. The maximum absolute atomic E-state index is 10.1. The van der Waals surface area contributed by atoms with Crippen molar-refractivity contribution in [1.29, 1.82) is 0 Å². The van der Waals surface area contributed by atoms with Crippen molar-refractivity contribution in [2.45, 2.75) is 37.5 Å². The second-order valence-corrected chi connectivity index (χ2v) is 3.79. The van der Waals surface area contributed by atoms with E-state index in [1.54, 1.807) is 0 Å². The van der Waals surface area contributed by atoms with Gasteiger partial charge < -0.3 is 9.47 Å². The highest BCUT2D eigenvalue weighted by Gasteiger charge is 2.40. The Hall–Kier alpha value is -0.650. The summed E-state index contributed by atoms with van der Waals surface area (Å²) in [6, 6.07) is 0.346. The number of nitrogens with one attached hydrogen (secondary N) is 2. The minimum absolute atomic E-state index is 0.306. The summed E-state index contributed by atoms with van der Waals surface area (Å²) in [5.74, 6) is -0.306. The van der Waals surface area contributed by atoms with Gasteiger partial charge >= 0.3 is 0 Å². The van der Waals surface area contributed by atoms with Gasteiger partial charge in [-0.1, -0.05) is 0 Å². The van der Waals surface area contributed by atoms with Gasteiger partial charge in [-0.3, -0.25) is 10.2 Å². The van der Waals surface area contributed by atoms with Gasteiger partial charge in [-0.2, -0.15) is 0 Å². The molecule has 2 aliphatic rings. The number of hydrogen-bond acceptors (Lipinski definition) is 4. The van der Waals surface area contributed by atoms with Crippen LogP contribution in [0.3, 0.4) is 0 Å². The Kier molecular flexibility index (Phi) is 3.00. The number of carbonyl (C=O) groups is 1. The Morgan fingerprint density at radius 1 is 1.21 bits per heavy atom. The van der Waals surface area contributed by atoms with E-state index >= 15 is 0 Å². The molecule has 0 aromatic carbocycles. The summed E-state index contributed by atoms with van der Waals surface area (Å²) < 4.78 is 11.2. The molecule has 2 rings (SSSR count). The lowest BCUT2D eigenvalue weighted by Gasteiger charge is -2.35. The Labute approximate surface area is 83.1 Å². The number of carbonyl (C=O) groups excluding carboxylic acids is 1. The van der Waals surface area contributed by atoms with Crippen LogP contribution in [0, 0.1) is 0 Å². The third-order valence-corrected chi connectivity index (χ3v) is 2.91. The number of rotatable bonds is 3. The summed E-state index contributed by atoms with van der Waals surface area (Å²) in [5.41, 5.74) is 5.43. The smallest absolute Gasteiger partial charge is 0.221 e. The molecule has 0 radical (unpaired) electrons. The highest BCUT2D eigenvalue weighted by atomic mass is 16.7. The lowest BCUT2D eigenvalue weighted by Crippen LogP contribution is -2.46. The third kappa shape index (κ3) is 2.05. The molecular weight excluding hydrogens is 184 g/mol. The molecule has 2 N–H and O–H groups in total. The van der Waals surface area contributed by atoms with Crippen LogP contribution in [0.5, 0.6) is 0 Å². The summed E-state index contributed by atoms with van der Waals surface area (Å²) in [4.78, 5) is 10.1. The molecule has 0 bridgehead atoms. The first-order chi connectivity index (χ1) is 6.85. The monoisotopic (exact) mass is 200 g/mol. The van der Waals surface area contributed by atoms with Gasteiger partial charge in [0.05, 0.1) is 13.2 Å². The normalized spacial score (nSPS) is 26.6. The summed E-state index contributed by atoms with van der Waals surface area (Å²) >= 11 is 0. The second kappa shape index (κ2) is 4.25. The molecule has 1 saturated heterocycles. The van der Waals surface area contributed by atoms with Gasteiger partial charge in [-0.15, -0.1) is 0 Å².